The number of aryl methyl sites for hydroxylation is 1. The molecule has 9 nitrogen and oxygen atoms in total. The van der Waals surface area contributed by atoms with Crippen LogP contribution in [0.15, 0.2) is 72.9 Å². The quantitative estimate of drug-likeness (QED) is 0.140. The number of nitrogens with two attached hydrogens (primary N) is 1. The lowest BCUT2D eigenvalue weighted by molar-refractivity contribution is -0.399. The molecule has 0 radical (unpaired) electrons. The van der Waals surface area contributed by atoms with Crippen LogP contribution in [0.3, 0.4) is 0 Å². The summed E-state index contributed by atoms with van der Waals surface area (Å²) in [6.07, 6.45) is 1.69. The first-order chi connectivity index (χ1) is 17.9. The van der Waals surface area contributed by atoms with Crippen molar-refractivity contribution in [1.29, 1.82) is 0 Å². The summed E-state index contributed by atoms with van der Waals surface area (Å²) in [5.41, 5.74) is 9.00. The Morgan fingerprint density at radius 2 is 1.81 bits per heavy atom. The van der Waals surface area contributed by atoms with Gasteiger partial charge in [-0.2, -0.15) is 0 Å². The second kappa shape index (κ2) is 10.8. The summed E-state index contributed by atoms with van der Waals surface area (Å²) in [6, 6.07) is 20.0. The monoisotopic (exact) mass is 539 g/mol. The number of hydrogen-bond donors (Lipinski definition) is 2. The van der Waals surface area contributed by atoms with Gasteiger partial charge < -0.3 is 25.1 Å². The first-order valence-corrected chi connectivity index (χ1v) is 12.3. The molecule has 0 bridgehead atoms. The standard InChI is InChI=1S/C26H23Cl2N5O4/c27-17-7-8-18(20(28)15-17)19-11-14-32(23(19)26-36-25(37-26)16-5-2-1-3-6-16)13-4-12-30-22-10-9-21(33(34)35)24(29)31-22/h1-3,5-11,14-15,25-26H,4,12-13H2,(H3,29,30,31). The van der Waals surface area contributed by atoms with Crippen molar-refractivity contribution in [1.82, 2.24) is 9.55 Å². The van der Waals surface area contributed by atoms with Gasteiger partial charge in [0.25, 0.3) is 0 Å². The predicted octanol–water partition coefficient (Wildman–Crippen LogP) is 6.59. The third-order valence-corrected chi connectivity index (χ3v) is 6.55. The molecule has 11 heteroatoms. The summed E-state index contributed by atoms with van der Waals surface area (Å²) in [5.74, 6) is 0.347. The molecule has 37 heavy (non-hydrogen) atoms. The maximum atomic E-state index is 10.9. The zero-order valence-corrected chi connectivity index (χ0v) is 21.0. The minimum atomic E-state index is -0.564. The maximum absolute atomic E-state index is 10.9. The summed E-state index contributed by atoms with van der Waals surface area (Å²) in [5, 5.41) is 15.2. The fraction of sp³-hybridized carbons (Fsp3) is 0.192. The van der Waals surface area contributed by atoms with E-state index in [1.807, 2.05) is 48.7 Å². The van der Waals surface area contributed by atoms with Crippen LogP contribution in [0.1, 0.15) is 30.3 Å². The number of nitro groups is 1. The largest absolute Gasteiger partial charge is 0.378 e. The fourth-order valence-electron chi connectivity index (χ4n) is 4.20. The molecule has 0 atom stereocenters. The Kier molecular flexibility index (Phi) is 7.29. The Hall–Kier alpha value is -3.63. The molecule has 190 valence electrons. The van der Waals surface area contributed by atoms with Gasteiger partial charge in [-0.25, -0.2) is 4.98 Å². The fourth-order valence-corrected chi connectivity index (χ4v) is 4.71. The van der Waals surface area contributed by atoms with Gasteiger partial charge in [-0.1, -0.05) is 59.6 Å². The molecule has 3 N–H and O–H groups in total. The van der Waals surface area contributed by atoms with Crippen molar-refractivity contribution in [3.63, 3.8) is 0 Å². The summed E-state index contributed by atoms with van der Waals surface area (Å²) in [6.45, 7) is 1.22. The molecule has 1 aliphatic heterocycles. The second-order valence-electron chi connectivity index (χ2n) is 8.42. The van der Waals surface area contributed by atoms with E-state index in [1.54, 1.807) is 12.1 Å². The number of nitrogens with zero attached hydrogens (tertiary/aromatic N) is 3. The van der Waals surface area contributed by atoms with Crippen molar-refractivity contribution in [2.45, 2.75) is 25.5 Å². The zero-order valence-electron chi connectivity index (χ0n) is 19.5. The highest BCUT2D eigenvalue weighted by Crippen LogP contribution is 2.46. The molecule has 2 aromatic heterocycles. The average Bonchev–Trinajstić information content (AvgIpc) is 3.24. The first-order valence-electron chi connectivity index (χ1n) is 11.6. The molecular weight excluding hydrogens is 517 g/mol. The van der Waals surface area contributed by atoms with Crippen molar-refractivity contribution < 1.29 is 14.4 Å². The van der Waals surface area contributed by atoms with E-state index >= 15 is 0 Å². The minimum Gasteiger partial charge on any atom is -0.378 e. The Labute approximate surface area is 222 Å². The molecule has 0 spiro atoms. The van der Waals surface area contributed by atoms with Crippen LogP contribution in [0.2, 0.25) is 10.0 Å². The number of hydrogen-bond acceptors (Lipinski definition) is 7. The highest BCUT2D eigenvalue weighted by atomic mass is 35.5. The van der Waals surface area contributed by atoms with E-state index in [4.69, 9.17) is 38.4 Å². The van der Waals surface area contributed by atoms with Crippen molar-refractivity contribution in [2.75, 3.05) is 17.6 Å². The van der Waals surface area contributed by atoms with Gasteiger partial charge in [0.2, 0.25) is 12.1 Å². The average molecular weight is 540 g/mol. The number of rotatable bonds is 9. The van der Waals surface area contributed by atoms with E-state index in [0.29, 0.717) is 29.0 Å². The highest BCUT2D eigenvalue weighted by molar-refractivity contribution is 6.36. The summed E-state index contributed by atoms with van der Waals surface area (Å²) in [4.78, 5) is 14.4. The molecule has 0 unspecified atom stereocenters. The van der Waals surface area contributed by atoms with E-state index in [1.165, 1.54) is 12.1 Å². The van der Waals surface area contributed by atoms with E-state index in [-0.39, 0.29) is 11.5 Å². The number of nitrogens with one attached hydrogen (secondary N) is 1. The van der Waals surface area contributed by atoms with E-state index in [0.717, 1.165) is 28.8 Å². The molecular formula is C26H23Cl2N5O4. The smallest absolute Gasteiger partial charge is 0.311 e. The van der Waals surface area contributed by atoms with Gasteiger partial charge in [0.05, 0.1) is 10.6 Å². The van der Waals surface area contributed by atoms with Gasteiger partial charge in [-0.05, 0) is 30.7 Å². The van der Waals surface area contributed by atoms with Gasteiger partial charge in [-0.15, -0.1) is 0 Å². The van der Waals surface area contributed by atoms with Crippen LogP contribution in [0.5, 0.6) is 0 Å². The van der Waals surface area contributed by atoms with Gasteiger partial charge in [0.15, 0.2) is 6.29 Å². The van der Waals surface area contributed by atoms with Crippen LogP contribution in [0.25, 0.3) is 11.1 Å². The number of pyridine rings is 1. The van der Waals surface area contributed by atoms with Crippen LogP contribution in [-0.4, -0.2) is 21.0 Å². The molecule has 1 fully saturated rings. The Balaban J connectivity index is 1.31. The summed E-state index contributed by atoms with van der Waals surface area (Å²) >= 11 is 12.6. The first kappa shape index (κ1) is 25.0. The number of nitrogen functional groups attached to an aromatic ring is 1. The summed E-state index contributed by atoms with van der Waals surface area (Å²) in [7, 11) is 0. The third-order valence-electron chi connectivity index (χ3n) is 6.00. The van der Waals surface area contributed by atoms with Gasteiger partial charge in [0.1, 0.15) is 5.82 Å². The van der Waals surface area contributed by atoms with Crippen LogP contribution in [-0.2, 0) is 16.0 Å². The van der Waals surface area contributed by atoms with Crippen molar-refractivity contribution in [3.8, 4) is 11.1 Å². The number of aromatic nitrogens is 2. The van der Waals surface area contributed by atoms with Crippen LogP contribution in [0, 0.1) is 10.1 Å². The lowest BCUT2D eigenvalue weighted by Crippen LogP contribution is -2.29. The van der Waals surface area contributed by atoms with E-state index in [9.17, 15) is 10.1 Å². The van der Waals surface area contributed by atoms with E-state index < -0.39 is 17.5 Å². The van der Waals surface area contributed by atoms with Gasteiger partial charge >= 0.3 is 5.69 Å². The third kappa shape index (κ3) is 5.40. The number of anilines is 2. The highest BCUT2D eigenvalue weighted by Gasteiger charge is 2.37. The Morgan fingerprint density at radius 3 is 2.51 bits per heavy atom. The Bertz CT molecular complexity index is 1420. The SMILES string of the molecule is Nc1nc(NCCCn2ccc(-c3ccc(Cl)cc3Cl)c2C2OC(c3ccccc3)O2)ccc1[N+](=O)[O-]. The van der Waals surface area contributed by atoms with Crippen molar-refractivity contribution in [3.05, 3.63) is 104 Å². The molecule has 2 aromatic carbocycles. The molecule has 1 saturated heterocycles. The van der Waals surface area contributed by atoms with Crippen LogP contribution < -0.4 is 11.1 Å². The van der Waals surface area contributed by atoms with E-state index in [2.05, 4.69) is 14.9 Å². The zero-order chi connectivity index (χ0) is 25.9. The number of halogens is 2. The molecule has 0 amide bonds. The molecule has 4 aromatic rings. The lowest BCUT2D eigenvalue weighted by atomic mass is 10.0. The second-order valence-corrected chi connectivity index (χ2v) is 9.26. The predicted molar refractivity (Wildman–Crippen MR) is 142 cm³/mol. The molecule has 0 saturated carbocycles. The maximum Gasteiger partial charge on any atom is 0.311 e. The van der Waals surface area contributed by atoms with Crippen LogP contribution >= 0.6 is 23.2 Å². The van der Waals surface area contributed by atoms with Crippen molar-refractivity contribution in [2.24, 2.45) is 0 Å². The topological polar surface area (TPSA) is 117 Å². The number of ether oxygens (including phenoxy) is 2. The van der Waals surface area contributed by atoms with Gasteiger partial charge in [-0.3, -0.25) is 10.1 Å². The Morgan fingerprint density at radius 1 is 1.03 bits per heavy atom. The number of benzene rings is 2. The minimum absolute atomic E-state index is 0.126. The molecule has 1 aliphatic rings. The lowest BCUT2D eigenvalue weighted by Gasteiger charge is -2.37. The normalized spacial score (nSPS) is 16.8. The molecule has 3 heterocycles. The summed E-state index contributed by atoms with van der Waals surface area (Å²) < 4.78 is 14.4. The van der Waals surface area contributed by atoms with Crippen LogP contribution in [0.4, 0.5) is 17.3 Å². The molecule has 5 rings (SSSR count). The molecule has 0 aliphatic carbocycles. The van der Waals surface area contributed by atoms with Crippen molar-refractivity contribution >= 4 is 40.5 Å². The van der Waals surface area contributed by atoms with Gasteiger partial charge in [0, 0.05) is 52.1 Å².